The van der Waals surface area contributed by atoms with Gasteiger partial charge in [0, 0.05) is 31.7 Å². The molecule has 1 saturated heterocycles. The summed E-state index contributed by atoms with van der Waals surface area (Å²) in [6.45, 7) is 17.5. The van der Waals surface area contributed by atoms with Crippen molar-refractivity contribution in [1.29, 1.82) is 0 Å². The van der Waals surface area contributed by atoms with Gasteiger partial charge in [0.1, 0.15) is 0 Å². The van der Waals surface area contributed by atoms with Gasteiger partial charge in [-0.05, 0) is 148 Å². The second-order valence-electron chi connectivity index (χ2n) is 18.7. The van der Waals surface area contributed by atoms with Crippen molar-refractivity contribution in [3.05, 3.63) is 23.3 Å². The monoisotopic (exact) mass is 668 g/mol. The van der Waals surface area contributed by atoms with Crippen LogP contribution in [0.25, 0.3) is 0 Å². The van der Waals surface area contributed by atoms with Crippen LogP contribution >= 0.6 is 0 Å². The maximum absolute atomic E-state index is 12.6. The van der Waals surface area contributed by atoms with E-state index in [1.807, 2.05) is 13.8 Å². The zero-order chi connectivity index (χ0) is 33.6. The second kappa shape index (κ2) is 12.0. The van der Waals surface area contributed by atoms with E-state index < -0.39 is 15.8 Å². The van der Waals surface area contributed by atoms with E-state index in [1.54, 1.807) is 0 Å². The molecule has 10 unspecified atom stereocenters. The maximum atomic E-state index is 12.6. The summed E-state index contributed by atoms with van der Waals surface area (Å²) in [6.07, 6.45) is 20.6. The normalized spacial score (nSPS) is 47.4. The van der Waals surface area contributed by atoms with Crippen LogP contribution in [0.4, 0.5) is 0 Å². The maximum Gasteiger partial charge on any atom is 0.306 e. The first-order chi connectivity index (χ1) is 22.1. The summed E-state index contributed by atoms with van der Waals surface area (Å²) in [5, 5.41) is 13.2. The van der Waals surface area contributed by atoms with E-state index in [-0.39, 0.29) is 27.4 Å². The van der Waals surface area contributed by atoms with Crippen molar-refractivity contribution in [2.45, 2.75) is 141 Å². The van der Waals surface area contributed by atoms with Crippen molar-refractivity contribution >= 4 is 15.8 Å². The van der Waals surface area contributed by atoms with E-state index in [0.717, 1.165) is 49.6 Å². The van der Waals surface area contributed by atoms with E-state index in [0.29, 0.717) is 36.3 Å². The van der Waals surface area contributed by atoms with Crippen molar-refractivity contribution in [3.63, 3.8) is 0 Å². The summed E-state index contributed by atoms with van der Waals surface area (Å²) >= 11 is 0. The number of hydrogen-bond acceptors (Lipinski definition) is 5. The van der Waals surface area contributed by atoms with Crippen LogP contribution in [-0.2, 0) is 14.6 Å². The van der Waals surface area contributed by atoms with E-state index in [2.05, 4.69) is 50.1 Å². The van der Waals surface area contributed by atoms with Crippen molar-refractivity contribution in [1.82, 2.24) is 10.2 Å². The van der Waals surface area contributed by atoms with E-state index in [4.69, 9.17) is 0 Å². The highest BCUT2D eigenvalue weighted by Gasteiger charge is 2.65. The van der Waals surface area contributed by atoms with Crippen LogP contribution in [0.3, 0.4) is 0 Å². The molecule has 6 nitrogen and oxygen atoms in total. The Balaban J connectivity index is 1.05. The number of allylic oxidation sites excluding steroid dienone is 4. The van der Waals surface area contributed by atoms with Gasteiger partial charge in [0.2, 0.25) is 0 Å². The first kappa shape index (κ1) is 34.3. The van der Waals surface area contributed by atoms with Crippen LogP contribution in [0.15, 0.2) is 23.3 Å². The predicted octanol–water partition coefficient (Wildman–Crippen LogP) is 7.65. The van der Waals surface area contributed by atoms with Gasteiger partial charge in [-0.15, -0.1) is 0 Å². The number of carboxylic acids is 1. The highest BCUT2D eigenvalue weighted by Crippen LogP contribution is 2.72. The number of nitrogens with zero attached hydrogens (tertiary/aromatic N) is 1. The van der Waals surface area contributed by atoms with Crippen molar-refractivity contribution in [3.8, 4) is 0 Å². The number of nitrogens with one attached hydrogen (secondary N) is 1. The fourth-order valence-corrected chi connectivity index (χ4v) is 15.7. The minimum Gasteiger partial charge on any atom is -0.481 e. The molecule has 0 spiro atoms. The van der Waals surface area contributed by atoms with Crippen molar-refractivity contribution < 1.29 is 18.3 Å². The Bertz CT molecular complexity index is 1400. The van der Waals surface area contributed by atoms with Crippen LogP contribution in [0.1, 0.15) is 125 Å². The molecule has 7 aliphatic rings. The van der Waals surface area contributed by atoms with Gasteiger partial charge in [0.25, 0.3) is 0 Å². The highest BCUT2D eigenvalue weighted by molar-refractivity contribution is 7.92. The second-order valence-corrected chi connectivity index (χ2v) is 21.5. The molecule has 0 aromatic rings. The molecule has 1 aliphatic heterocycles. The Morgan fingerprint density at radius 3 is 2.32 bits per heavy atom. The number of hydrogen-bond donors (Lipinski definition) is 2. The molecule has 11 atom stereocenters. The summed E-state index contributed by atoms with van der Waals surface area (Å²) in [5.74, 6) is 3.03. The third kappa shape index (κ3) is 5.36. The van der Waals surface area contributed by atoms with Gasteiger partial charge in [0.15, 0.2) is 9.84 Å². The Kier molecular flexibility index (Phi) is 8.72. The Labute approximate surface area is 285 Å². The van der Waals surface area contributed by atoms with Crippen LogP contribution in [-0.4, -0.2) is 66.6 Å². The van der Waals surface area contributed by atoms with Gasteiger partial charge in [-0.2, -0.15) is 0 Å². The molecular weight excluding hydrogens is 605 g/mol. The van der Waals surface area contributed by atoms with Gasteiger partial charge in [-0.3, -0.25) is 9.69 Å². The predicted molar refractivity (Wildman–Crippen MR) is 190 cm³/mol. The summed E-state index contributed by atoms with van der Waals surface area (Å²) in [5.41, 5.74) is 4.12. The zero-order valence-corrected chi connectivity index (χ0v) is 31.1. The fourth-order valence-electron chi connectivity index (χ4n) is 14.0. The summed E-state index contributed by atoms with van der Waals surface area (Å²) < 4.78 is 25.1. The molecule has 7 heteroatoms. The number of carboxylic acid groups (broad SMARTS) is 1. The minimum absolute atomic E-state index is 0.123. The average molecular weight is 669 g/mol. The number of sulfone groups is 1. The number of carbonyl (C=O) groups is 1. The van der Waals surface area contributed by atoms with Crippen LogP contribution in [0.5, 0.6) is 0 Å². The smallest absolute Gasteiger partial charge is 0.306 e. The average Bonchev–Trinajstić information content (AvgIpc) is 3.44. The molecule has 264 valence electrons. The van der Waals surface area contributed by atoms with Gasteiger partial charge < -0.3 is 10.4 Å². The van der Waals surface area contributed by atoms with E-state index >= 15 is 0 Å². The van der Waals surface area contributed by atoms with Gasteiger partial charge >= 0.3 is 5.97 Å². The van der Waals surface area contributed by atoms with Gasteiger partial charge in [-0.1, -0.05) is 46.3 Å². The van der Waals surface area contributed by atoms with E-state index in [9.17, 15) is 18.3 Å². The number of rotatable bonds is 6. The number of aliphatic carboxylic acids is 1. The Morgan fingerprint density at radius 1 is 0.894 bits per heavy atom. The quantitative estimate of drug-likeness (QED) is 0.303. The Morgan fingerprint density at radius 2 is 1.64 bits per heavy atom. The molecule has 4 saturated carbocycles. The van der Waals surface area contributed by atoms with Crippen molar-refractivity contribution in [2.75, 3.05) is 26.2 Å². The topological polar surface area (TPSA) is 86.7 Å². The summed E-state index contributed by atoms with van der Waals surface area (Å²) in [6, 6.07) is 0. The van der Waals surface area contributed by atoms with E-state index in [1.165, 1.54) is 75.4 Å². The van der Waals surface area contributed by atoms with Gasteiger partial charge in [0.05, 0.1) is 16.4 Å². The highest BCUT2D eigenvalue weighted by atomic mass is 32.2. The molecular formula is C40H64N2O4S. The molecule has 7 rings (SSSR count). The molecule has 0 aromatic carbocycles. The van der Waals surface area contributed by atoms with Crippen LogP contribution < -0.4 is 5.32 Å². The largest absolute Gasteiger partial charge is 0.481 e. The first-order valence-electron chi connectivity index (χ1n) is 19.5. The first-order valence-corrected chi connectivity index (χ1v) is 21.1. The SMILES string of the molecule is CC1CN(CCN[C@]23CCCC2C2CCC4C(C)(CCC5C(C)(C)C(C6=CCC(C(=O)O)CC6)=CCC54C)C2CC3)CC(C)S1(=O)=O. The molecule has 0 radical (unpaired) electrons. The molecule has 6 aliphatic carbocycles. The molecule has 5 fully saturated rings. The zero-order valence-electron chi connectivity index (χ0n) is 30.3. The molecule has 2 N–H and O–H groups in total. The molecule has 0 bridgehead atoms. The molecule has 0 aromatic heterocycles. The minimum atomic E-state index is -2.98. The van der Waals surface area contributed by atoms with Gasteiger partial charge in [-0.25, -0.2) is 8.42 Å². The van der Waals surface area contributed by atoms with Crippen LogP contribution in [0, 0.1) is 51.8 Å². The number of fused-ring (bicyclic) bond motifs is 7. The third-order valence-corrected chi connectivity index (χ3v) is 18.8. The summed E-state index contributed by atoms with van der Waals surface area (Å²) in [7, 11) is -2.98. The lowest BCUT2D eigenvalue weighted by Crippen LogP contribution is -2.64. The molecule has 1 heterocycles. The van der Waals surface area contributed by atoms with Crippen LogP contribution in [0.2, 0.25) is 0 Å². The third-order valence-electron chi connectivity index (χ3n) is 16.3. The lowest BCUT2D eigenvalue weighted by atomic mass is 9.37. The standard InChI is InChI=1S/C40H64N2O4S/c1-26-24-42(25-27(2)47(26,45)46)23-22-41-40-18-7-8-33(40)30-13-14-35-38(5,32(30)16-21-40)20-17-34-37(3,4)31(15-19-39(34,35)6)28-9-11-29(12-10-28)36(43)44/h9,15,26-27,29-30,32-35,41H,7-8,10-14,16-25H2,1-6H3,(H,43,44)/t26?,27?,29?,30?,32?,33?,34?,35?,38?,39?,40-/m0/s1. The summed E-state index contributed by atoms with van der Waals surface area (Å²) in [4.78, 5) is 14.0. The van der Waals surface area contributed by atoms with Crippen molar-refractivity contribution in [2.24, 2.45) is 51.8 Å². The lowest BCUT2D eigenvalue weighted by Gasteiger charge is -2.68. The lowest BCUT2D eigenvalue weighted by molar-refractivity contribution is -0.175. The molecule has 47 heavy (non-hydrogen) atoms. The molecule has 0 amide bonds. The fraction of sp³-hybridized carbons (Fsp3) is 0.875. The Hall–Kier alpha value is -1.18.